The highest BCUT2D eigenvalue weighted by Gasteiger charge is 2.23. The van der Waals surface area contributed by atoms with Gasteiger partial charge in [0.25, 0.3) is 0 Å². The van der Waals surface area contributed by atoms with Crippen LogP contribution in [0.2, 0.25) is 0 Å². The van der Waals surface area contributed by atoms with Crippen molar-refractivity contribution >= 4 is 5.69 Å². The molecule has 3 aromatic rings. The first-order valence-corrected chi connectivity index (χ1v) is 10.3. The van der Waals surface area contributed by atoms with Gasteiger partial charge in [-0.1, -0.05) is 6.07 Å². The summed E-state index contributed by atoms with van der Waals surface area (Å²) in [5.41, 5.74) is 4.61. The molecule has 4 rings (SSSR count). The summed E-state index contributed by atoms with van der Waals surface area (Å²) in [5.74, 6) is 2.52. The average molecular weight is 408 g/mol. The first kappa shape index (κ1) is 20.2. The molecule has 0 bridgehead atoms. The maximum absolute atomic E-state index is 5.41. The summed E-state index contributed by atoms with van der Waals surface area (Å²) in [7, 11) is 3.38. The van der Waals surface area contributed by atoms with Gasteiger partial charge in [0.1, 0.15) is 11.5 Å². The second kappa shape index (κ2) is 8.75. The Hall–Kier alpha value is -3.06. The van der Waals surface area contributed by atoms with Crippen molar-refractivity contribution in [2.24, 2.45) is 0 Å². The molecule has 1 aromatic carbocycles. The summed E-state index contributed by atoms with van der Waals surface area (Å²) >= 11 is 0. The van der Waals surface area contributed by atoms with E-state index in [1.165, 1.54) is 11.3 Å². The number of piperazine rings is 1. The van der Waals surface area contributed by atoms with E-state index in [9.17, 15) is 0 Å². The maximum atomic E-state index is 5.41. The van der Waals surface area contributed by atoms with Crippen molar-refractivity contribution in [3.8, 4) is 17.3 Å². The number of hydrogen-bond acceptors (Lipinski definition) is 6. The Labute approximate surface area is 177 Å². The minimum atomic E-state index is 0.830. The van der Waals surface area contributed by atoms with Gasteiger partial charge in [0.2, 0.25) is 0 Å². The van der Waals surface area contributed by atoms with Crippen molar-refractivity contribution in [2.45, 2.75) is 20.4 Å². The number of pyridine rings is 1. The monoisotopic (exact) mass is 407 g/mol. The molecule has 0 atom stereocenters. The molecule has 0 spiro atoms. The largest absolute Gasteiger partial charge is 0.497 e. The number of anilines is 1. The van der Waals surface area contributed by atoms with Crippen molar-refractivity contribution in [1.29, 1.82) is 0 Å². The highest BCUT2D eigenvalue weighted by molar-refractivity contribution is 5.56. The van der Waals surface area contributed by atoms with Gasteiger partial charge in [-0.05, 0) is 43.7 Å². The number of benzene rings is 1. The van der Waals surface area contributed by atoms with Gasteiger partial charge in [-0.3, -0.25) is 4.90 Å². The fourth-order valence-corrected chi connectivity index (χ4v) is 4.14. The zero-order valence-corrected chi connectivity index (χ0v) is 18.1. The summed E-state index contributed by atoms with van der Waals surface area (Å²) < 4.78 is 12.8. The van der Waals surface area contributed by atoms with Gasteiger partial charge in [-0.15, -0.1) is 0 Å². The van der Waals surface area contributed by atoms with Crippen LogP contribution in [0.15, 0.2) is 42.6 Å². The van der Waals surface area contributed by atoms with E-state index in [4.69, 9.17) is 14.6 Å². The summed E-state index contributed by atoms with van der Waals surface area (Å²) in [6.07, 6.45) is 1.80. The molecule has 1 saturated heterocycles. The molecular formula is C23H29N5O2. The number of aromatic nitrogens is 3. The Morgan fingerprint density at radius 3 is 2.23 bits per heavy atom. The molecule has 2 aromatic heterocycles. The van der Waals surface area contributed by atoms with Crippen LogP contribution < -0.4 is 14.4 Å². The van der Waals surface area contributed by atoms with E-state index in [-0.39, 0.29) is 0 Å². The molecule has 0 amide bonds. The minimum absolute atomic E-state index is 0.830. The molecule has 158 valence electrons. The lowest BCUT2D eigenvalue weighted by Gasteiger charge is -2.36. The third-order valence-corrected chi connectivity index (χ3v) is 5.63. The van der Waals surface area contributed by atoms with E-state index in [1.54, 1.807) is 20.4 Å². The van der Waals surface area contributed by atoms with Crippen LogP contribution in [-0.2, 0) is 6.54 Å². The fourth-order valence-electron chi connectivity index (χ4n) is 4.14. The van der Waals surface area contributed by atoms with Gasteiger partial charge in [-0.2, -0.15) is 5.10 Å². The first-order valence-electron chi connectivity index (χ1n) is 10.3. The SMILES string of the molecule is COc1cc(CN2CCN(c3c(C)nn(-c4ccccn4)c3C)CC2)cc(OC)c1. The average Bonchev–Trinajstić information content (AvgIpc) is 3.08. The molecule has 0 N–H and O–H groups in total. The van der Waals surface area contributed by atoms with Crippen LogP contribution in [-0.4, -0.2) is 60.1 Å². The Kier molecular flexibility index (Phi) is 5.90. The van der Waals surface area contributed by atoms with Gasteiger partial charge < -0.3 is 14.4 Å². The van der Waals surface area contributed by atoms with Crippen molar-refractivity contribution in [3.05, 3.63) is 59.5 Å². The van der Waals surface area contributed by atoms with Crippen molar-refractivity contribution in [2.75, 3.05) is 45.3 Å². The smallest absolute Gasteiger partial charge is 0.153 e. The quantitative estimate of drug-likeness (QED) is 0.625. The lowest BCUT2D eigenvalue weighted by molar-refractivity contribution is 0.249. The molecule has 0 unspecified atom stereocenters. The van der Waals surface area contributed by atoms with Crippen LogP contribution in [0.3, 0.4) is 0 Å². The van der Waals surface area contributed by atoms with E-state index < -0.39 is 0 Å². The number of aryl methyl sites for hydroxylation is 1. The number of methoxy groups -OCH3 is 2. The molecule has 30 heavy (non-hydrogen) atoms. The zero-order chi connectivity index (χ0) is 21.1. The first-order chi connectivity index (χ1) is 14.6. The predicted molar refractivity (Wildman–Crippen MR) is 118 cm³/mol. The topological polar surface area (TPSA) is 55.7 Å². The standard InChI is InChI=1S/C23H29N5O2/c1-17-23(18(2)28(25-17)22-7-5-6-8-24-22)27-11-9-26(10-12-27)16-19-13-20(29-3)15-21(14-19)30-4/h5-8,13-15H,9-12,16H2,1-4H3. The summed E-state index contributed by atoms with van der Waals surface area (Å²) in [5, 5.41) is 4.75. The van der Waals surface area contributed by atoms with Crippen LogP contribution >= 0.6 is 0 Å². The van der Waals surface area contributed by atoms with Gasteiger partial charge in [0.15, 0.2) is 5.82 Å². The molecule has 1 aliphatic rings. The van der Waals surface area contributed by atoms with Gasteiger partial charge in [-0.25, -0.2) is 9.67 Å². The summed E-state index contributed by atoms with van der Waals surface area (Å²) in [4.78, 5) is 9.36. The molecule has 1 aliphatic heterocycles. The van der Waals surface area contributed by atoms with E-state index >= 15 is 0 Å². The van der Waals surface area contributed by atoms with Crippen LogP contribution in [0.25, 0.3) is 5.82 Å². The molecular weight excluding hydrogens is 378 g/mol. The lowest BCUT2D eigenvalue weighted by Crippen LogP contribution is -2.46. The lowest BCUT2D eigenvalue weighted by atomic mass is 10.1. The molecule has 0 aliphatic carbocycles. The second-order valence-electron chi connectivity index (χ2n) is 7.60. The van der Waals surface area contributed by atoms with Crippen LogP contribution in [0.4, 0.5) is 5.69 Å². The third kappa shape index (κ3) is 4.11. The third-order valence-electron chi connectivity index (χ3n) is 5.63. The molecule has 0 radical (unpaired) electrons. The van der Waals surface area contributed by atoms with E-state index in [1.807, 2.05) is 28.9 Å². The highest BCUT2D eigenvalue weighted by Crippen LogP contribution is 2.28. The number of nitrogens with zero attached hydrogens (tertiary/aromatic N) is 5. The minimum Gasteiger partial charge on any atom is -0.497 e. The van der Waals surface area contributed by atoms with E-state index in [2.05, 4.69) is 40.8 Å². The van der Waals surface area contributed by atoms with Crippen LogP contribution in [0.1, 0.15) is 17.0 Å². The molecule has 7 heteroatoms. The Morgan fingerprint density at radius 2 is 1.63 bits per heavy atom. The van der Waals surface area contributed by atoms with Crippen molar-refractivity contribution in [3.63, 3.8) is 0 Å². The number of hydrogen-bond donors (Lipinski definition) is 0. The molecule has 3 heterocycles. The number of rotatable bonds is 6. The van der Waals surface area contributed by atoms with Crippen molar-refractivity contribution < 1.29 is 9.47 Å². The van der Waals surface area contributed by atoms with E-state index in [0.29, 0.717) is 0 Å². The normalized spacial score (nSPS) is 14.7. The zero-order valence-electron chi connectivity index (χ0n) is 18.1. The van der Waals surface area contributed by atoms with Gasteiger partial charge in [0, 0.05) is 45.0 Å². The fraction of sp³-hybridized carbons (Fsp3) is 0.391. The van der Waals surface area contributed by atoms with E-state index in [0.717, 1.165) is 61.4 Å². The molecule has 7 nitrogen and oxygen atoms in total. The second-order valence-corrected chi connectivity index (χ2v) is 7.60. The Bertz CT molecular complexity index is 972. The summed E-state index contributed by atoms with van der Waals surface area (Å²) in [6.45, 7) is 9.01. The number of ether oxygens (including phenoxy) is 2. The molecule has 1 fully saturated rings. The summed E-state index contributed by atoms with van der Waals surface area (Å²) in [6, 6.07) is 12.0. The maximum Gasteiger partial charge on any atom is 0.153 e. The van der Waals surface area contributed by atoms with Crippen molar-refractivity contribution in [1.82, 2.24) is 19.7 Å². The predicted octanol–water partition coefficient (Wildman–Crippen LogP) is 3.22. The Morgan fingerprint density at radius 1 is 0.933 bits per heavy atom. The van der Waals surface area contributed by atoms with Crippen LogP contribution in [0, 0.1) is 13.8 Å². The van der Waals surface area contributed by atoms with Gasteiger partial charge in [0.05, 0.1) is 31.3 Å². The van der Waals surface area contributed by atoms with Crippen LogP contribution in [0.5, 0.6) is 11.5 Å². The highest BCUT2D eigenvalue weighted by atomic mass is 16.5. The molecule has 0 saturated carbocycles. The van der Waals surface area contributed by atoms with Gasteiger partial charge >= 0.3 is 0 Å². The Balaban J connectivity index is 1.45.